The average Bonchev–Trinajstić information content (AvgIpc) is 3.02. The number of carbonyl (C=O) groups is 1. The zero-order valence-corrected chi connectivity index (χ0v) is 14.6. The van der Waals surface area contributed by atoms with E-state index in [1.165, 1.54) is 23.5 Å². The van der Waals surface area contributed by atoms with Crippen LogP contribution >= 0.6 is 11.3 Å². The highest BCUT2D eigenvalue weighted by Gasteiger charge is 2.27. The molecule has 0 bridgehead atoms. The molecule has 2 aromatic rings. The van der Waals surface area contributed by atoms with E-state index in [2.05, 4.69) is 10.3 Å². The number of amides is 1. The molecular weight excluding hydrogens is 326 g/mol. The monoisotopic (exact) mass is 347 g/mol. The Morgan fingerprint density at radius 2 is 2.12 bits per heavy atom. The van der Waals surface area contributed by atoms with Gasteiger partial charge in [0.1, 0.15) is 0 Å². The largest absolute Gasteiger partial charge is 0.504 e. The van der Waals surface area contributed by atoms with E-state index in [4.69, 9.17) is 5.73 Å². The highest BCUT2D eigenvalue weighted by atomic mass is 32.1. The van der Waals surface area contributed by atoms with Gasteiger partial charge in [0.15, 0.2) is 16.6 Å². The van der Waals surface area contributed by atoms with E-state index >= 15 is 0 Å². The minimum atomic E-state index is -0.399. The molecule has 0 atom stereocenters. The quantitative estimate of drug-likeness (QED) is 0.375. The maximum atomic E-state index is 12.7. The van der Waals surface area contributed by atoms with Gasteiger partial charge in [-0.1, -0.05) is 20.8 Å². The van der Waals surface area contributed by atoms with Gasteiger partial charge in [-0.05, 0) is 35.6 Å². The molecule has 6 nitrogen and oxygen atoms in total. The molecule has 0 saturated heterocycles. The fourth-order valence-electron chi connectivity index (χ4n) is 2.12. The molecule has 2 rings (SSSR count). The maximum Gasteiger partial charge on any atom is 0.253 e. The molecule has 7 heteroatoms. The van der Waals surface area contributed by atoms with Crippen molar-refractivity contribution in [1.29, 1.82) is 0 Å². The molecule has 1 heterocycles. The fraction of sp³-hybridized carbons (Fsp3) is 0.294. The Balaban J connectivity index is 2.44. The van der Waals surface area contributed by atoms with Gasteiger partial charge in [0.25, 0.3) is 5.91 Å². The minimum absolute atomic E-state index is 0.0511. The summed E-state index contributed by atoms with van der Waals surface area (Å²) in [4.78, 5) is 16.8. The molecule has 1 amide bonds. The molecule has 0 spiro atoms. The first kappa shape index (κ1) is 17.8. The number of thiazole rings is 1. The van der Waals surface area contributed by atoms with Crippen molar-refractivity contribution in [2.75, 3.05) is 11.1 Å². The van der Waals surface area contributed by atoms with Gasteiger partial charge in [-0.3, -0.25) is 10.1 Å². The number of carbonyl (C=O) groups excluding carboxylic acids is 1. The Morgan fingerprint density at radius 3 is 2.67 bits per heavy atom. The summed E-state index contributed by atoms with van der Waals surface area (Å²) in [5.74, 6) is -0.950. The third-order valence-electron chi connectivity index (χ3n) is 3.96. The standard InChI is InChI=1S/C17H21N3O3S/c1-4-17(2,3)11(15(23)20-16-19-5-6-24-16)7-10-8-12(18)14(22)13(21)9-10/h5-9,21-22H,4,18H2,1-3H3,(H,19,20,23)/b11-7-. The van der Waals surface area contributed by atoms with E-state index in [0.29, 0.717) is 16.3 Å². The van der Waals surface area contributed by atoms with Crippen LogP contribution in [0.4, 0.5) is 10.8 Å². The second kappa shape index (κ2) is 6.92. The molecule has 5 N–H and O–H groups in total. The number of aromatic hydroxyl groups is 2. The second-order valence-electron chi connectivity index (χ2n) is 6.06. The zero-order valence-electron chi connectivity index (χ0n) is 13.8. The summed E-state index contributed by atoms with van der Waals surface area (Å²) < 4.78 is 0. The zero-order chi connectivity index (χ0) is 17.9. The first-order valence-electron chi connectivity index (χ1n) is 7.49. The van der Waals surface area contributed by atoms with Crippen LogP contribution in [-0.2, 0) is 4.79 Å². The predicted octanol–water partition coefficient (Wildman–Crippen LogP) is 3.59. The van der Waals surface area contributed by atoms with Crippen LogP contribution in [0.25, 0.3) is 6.08 Å². The molecule has 0 aliphatic carbocycles. The van der Waals surface area contributed by atoms with Gasteiger partial charge in [0.05, 0.1) is 5.69 Å². The molecule has 0 aliphatic heterocycles. The van der Waals surface area contributed by atoms with Crippen molar-refractivity contribution in [3.63, 3.8) is 0 Å². The highest BCUT2D eigenvalue weighted by molar-refractivity contribution is 7.13. The van der Waals surface area contributed by atoms with E-state index in [-0.39, 0.29) is 23.1 Å². The van der Waals surface area contributed by atoms with Crippen molar-refractivity contribution in [2.24, 2.45) is 5.41 Å². The van der Waals surface area contributed by atoms with Crippen molar-refractivity contribution in [2.45, 2.75) is 27.2 Å². The van der Waals surface area contributed by atoms with Crippen molar-refractivity contribution in [3.05, 3.63) is 34.8 Å². The van der Waals surface area contributed by atoms with E-state index in [1.807, 2.05) is 20.8 Å². The van der Waals surface area contributed by atoms with Crippen molar-refractivity contribution >= 4 is 34.1 Å². The van der Waals surface area contributed by atoms with Crippen LogP contribution in [0, 0.1) is 5.41 Å². The molecule has 0 fully saturated rings. The number of nitrogens with zero attached hydrogens (tertiary/aromatic N) is 1. The number of nitrogens with two attached hydrogens (primary N) is 1. The Hall–Kier alpha value is -2.54. The van der Waals surface area contributed by atoms with Crippen LogP contribution < -0.4 is 11.1 Å². The Labute approximate surface area is 144 Å². The van der Waals surface area contributed by atoms with E-state index < -0.39 is 5.41 Å². The number of hydrogen-bond donors (Lipinski definition) is 4. The average molecular weight is 347 g/mol. The summed E-state index contributed by atoms with van der Waals surface area (Å²) in [6.07, 6.45) is 4.03. The number of nitrogen functional groups attached to an aromatic ring is 1. The topological polar surface area (TPSA) is 108 Å². The van der Waals surface area contributed by atoms with Gasteiger partial charge in [0.2, 0.25) is 0 Å². The number of nitrogens with one attached hydrogen (secondary N) is 1. The van der Waals surface area contributed by atoms with Crippen LogP contribution in [0.5, 0.6) is 11.5 Å². The summed E-state index contributed by atoms with van der Waals surface area (Å²) in [7, 11) is 0. The number of anilines is 2. The van der Waals surface area contributed by atoms with Gasteiger partial charge < -0.3 is 15.9 Å². The number of hydrogen-bond acceptors (Lipinski definition) is 6. The van der Waals surface area contributed by atoms with Crippen molar-refractivity contribution in [3.8, 4) is 11.5 Å². The third kappa shape index (κ3) is 3.86. The van der Waals surface area contributed by atoms with Gasteiger partial charge in [-0.2, -0.15) is 0 Å². The molecular formula is C17H21N3O3S. The van der Waals surface area contributed by atoms with Crippen LogP contribution in [0.2, 0.25) is 0 Å². The maximum absolute atomic E-state index is 12.7. The van der Waals surface area contributed by atoms with E-state index in [1.54, 1.807) is 17.7 Å². The summed E-state index contributed by atoms with van der Waals surface area (Å²) in [6, 6.07) is 2.88. The fourth-order valence-corrected chi connectivity index (χ4v) is 2.65. The van der Waals surface area contributed by atoms with Gasteiger partial charge >= 0.3 is 0 Å². The Morgan fingerprint density at radius 1 is 1.42 bits per heavy atom. The van der Waals surface area contributed by atoms with Crippen LogP contribution in [-0.4, -0.2) is 21.1 Å². The smallest absolute Gasteiger partial charge is 0.253 e. The molecule has 1 aromatic carbocycles. The SMILES string of the molecule is CCC(C)(C)/C(=C\c1cc(N)c(O)c(O)c1)C(=O)Nc1nccs1. The lowest BCUT2D eigenvalue weighted by Gasteiger charge is -2.25. The van der Waals surface area contributed by atoms with Crippen LogP contribution in [0.15, 0.2) is 29.3 Å². The molecule has 0 saturated carbocycles. The minimum Gasteiger partial charge on any atom is -0.504 e. The first-order valence-corrected chi connectivity index (χ1v) is 8.37. The van der Waals surface area contributed by atoms with Crippen molar-refractivity contribution < 1.29 is 15.0 Å². The number of benzene rings is 1. The summed E-state index contributed by atoms with van der Waals surface area (Å²) in [5.41, 5.74) is 6.40. The molecule has 1 aromatic heterocycles. The van der Waals surface area contributed by atoms with E-state index in [9.17, 15) is 15.0 Å². The Bertz CT molecular complexity index is 744. The number of rotatable bonds is 5. The molecule has 0 unspecified atom stereocenters. The third-order valence-corrected chi connectivity index (χ3v) is 4.65. The van der Waals surface area contributed by atoms with Crippen LogP contribution in [0.3, 0.4) is 0 Å². The Kier molecular flexibility index (Phi) is 5.14. The number of phenolic OH excluding ortho intramolecular Hbond substituents is 2. The lowest BCUT2D eigenvalue weighted by atomic mass is 9.80. The number of phenols is 2. The summed E-state index contributed by atoms with van der Waals surface area (Å²) >= 11 is 1.34. The van der Waals surface area contributed by atoms with Crippen molar-refractivity contribution in [1.82, 2.24) is 4.98 Å². The lowest BCUT2D eigenvalue weighted by molar-refractivity contribution is -0.113. The van der Waals surface area contributed by atoms with E-state index in [0.717, 1.165) is 6.42 Å². The molecule has 24 heavy (non-hydrogen) atoms. The summed E-state index contributed by atoms with van der Waals surface area (Å²) in [5, 5.41) is 24.4. The lowest BCUT2D eigenvalue weighted by Crippen LogP contribution is -2.25. The normalized spacial score (nSPS) is 12.2. The van der Waals surface area contributed by atoms with Gasteiger partial charge in [-0.25, -0.2) is 4.98 Å². The van der Waals surface area contributed by atoms with Gasteiger partial charge in [-0.15, -0.1) is 11.3 Å². The van der Waals surface area contributed by atoms with Gasteiger partial charge in [0, 0.05) is 17.2 Å². The first-order chi connectivity index (χ1) is 11.2. The molecule has 0 radical (unpaired) electrons. The number of aromatic nitrogens is 1. The van der Waals surface area contributed by atoms with Crippen LogP contribution in [0.1, 0.15) is 32.8 Å². The summed E-state index contributed by atoms with van der Waals surface area (Å²) in [6.45, 7) is 5.92. The predicted molar refractivity (Wildman–Crippen MR) is 97.0 cm³/mol. The molecule has 0 aliphatic rings. The second-order valence-corrected chi connectivity index (χ2v) is 6.96. The highest BCUT2D eigenvalue weighted by Crippen LogP contribution is 2.36. The molecule has 128 valence electrons.